The standard InChI is InChI=1S/C10H4Cl3N3O2/c11-6-3-1-2-5(7(6)12)8-9(16(17)18)10(13)15-4-14-8/h1-4H. The average molecular weight is 305 g/mol. The zero-order valence-corrected chi connectivity index (χ0v) is 10.9. The molecule has 0 saturated carbocycles. The molecule has 2 aromatic rings. The Balaban J connectivity index is 2.75. The van der Waals surface area contributed by atoms with Crippen molar-refractivity contribution >= 4 is 40.5 Å². The van der Waals surface area contributed by atoms with E-state index in [1.54, 1.807) is 18.2 Å². The summed E-state index contributed by atoms with van der Waals surface area (Å²) in [5.74, 6) is 0. The number of benzene rings is 1. The highest BCUT2D eigenvalue weighted by atomic mass is 35.5. The van der Waals surface area contributed by atoms with Crippen molar-refractivity contribution in [3.05, 3.63) is 49.8 Å². The summed E-state index contributed by atoms with van der Waals surface area (Å²) in [5.41, 5.74) is -0.0315. The number of hydrogen-bond donors (Lipinski definition) is 0. The van der Waals surface area contributed by atoms with E-state index in [-0.39, 0.29) is 20.9 Å². The Bertz CT molecular complexity index is 634. The largest absolute Gasteiger partial charge is 0.332 e. The number of nitrogens with zero attached hydrogens (tertiary/aromatic N) is 3. The molecule has 92 valence electrons. The predicted octanol–water partition coefficient (Wildman–Crippen LogP) is 4.01. The van der Waals surface area contributed by atoms with Crippen LogP contribution in [0.3, 0.4) is 0 Å². The van der Waals surface area contributed by atoms with Gasteiger partial charge in [-0.2, -0.15) is 0 Å². The second-order valence-corrected chi connectivity index (χ2v) is 4.36. The van der Waals surface area contributed by atoms with Gasteiger partial charge < -0.3 is 0 Å². The lowest BCUT2D eigenvalue weighted by molar-refractivity contribution is -0.384. The zero-order valence-electron chi connectivity index (χ0n) is 8.60. The Morgan fingerprint density at radius 1 is 1.17 bits per heavy atom. The summed E-state index contributed by atoms with van der Waals surface area (Å²) in [6.45, 7) is 0. The molecule has 8 heteroatoms. The van der Waals surface area contributed by atoms with Crippen LogP contribution >= 0.6 is 34.8 Å². The minimum atomic E-state index is -0.658. The van der Waals surface area contributed by atoms with Crippen LogP contribution < -0.4 is 0 Å². The van der Waals surface area contributed by atoms with Gasteiger partial charge >= 0.3 is 5.69 Å². The summed E-state index contributed by atoms with van der Waals surface area (Å²) in [4.78, 5) is 17.7. The summed E-state index contributed by atoms with van der Waals surface area (Å²) < 4.78 is 0. The van der Waals surface area contributed by atoms with E-state index >= 15 is 0 Å². The molecule has 0 fully saturated rings. The van der Waals surface area contributed by atoms with Crippen molar-refractivity contribution in [3.8, 4) is 11.3 Å². The first kappa shape index (κ1) is 13.0. The van der Waals surface area contributed by atoms with E-state index in [1.807, 2.05) is 0 Å². The Morgan fingerprint density at radius 3 is 2.56 bits per heavy atom. The van der Waals surface area contributed by atoms with E-state index in [1.165, 1.54) is 0 Å². The zero-order chi connectivity index (χ0) is 13.3. The third-order valence-corrected chi connectivity index (χ3v) is 3.26. The number of nitro groups is 1. The second-order valence-electron chi connectivity index (χ2n) is 3.22. The van der Waals surface area contributed by atoms with E-state index in [4.69, 9.17) is 34.8 Å². The van der Waals surface area contributed by atoms with E-state index < -0.39 is 10.6 Å². The van der Waals surface area contributed by atoms with E-state index in [0.29, 0.717) is 5.56 Å². The molecule has 18 heavy (non-hydrogen) atoms. The third kappa shape index (κ3) is 2.25. The molecule has 1 heterocycles. The maximum Gasteiger partial charge on any atom is 0.332 e. The van der Waals surface area contributed by atoms with Gasteiger partial charge in [0.2, 0.25) is 5.15 Å². The Hall–Kier alpha value is -1.43. The molecule has 0 aliphatic carbocycles. The van der Waals surface area contributed by atoms with Crippen molar-refractivity contribution in [1.29, 1.82) is 0 Å². The molecule has 0 unspecified atom stereocenters. The maximum atomic E-state index is 11.0. The van der Waals surface area contributed by atoms with Crippen LogP contribution in [0.15, 0.2) is 24.5 Å². The fourth-order valence-corrected chi connectivity index (χ4v) is 2.00. The van der Waals surface area contributed by atoms with Crippen LogP contribution in [0.2, 0.25) is 15.2 Å². The molecule has 1 aromatic carbocycles. The van der Waals surface area contributed by atoms with Gasteiger partial charge in [0.1, 0.15) is 6.33 Å². The molecule has 0 aliphatic heterocycles. The van der Waals surface area contributed by atoms with Gasteiger partial charge in [0.25, 0.3) is 0 Å². The summed E-state index contributed by atoms with van der Waals surface area (Å²) in [6, 6.07) is 4.76. The molecule has 2 rings (SSSR count). The first-order valence-electron chi connectivity index (χ1n) is 4.61. The first-order chi connectivity index (χ1) is 8.52. The minimum absolute atomic E-state index is 0.0347. The van der Waals surface area contributed by atoms with E-state index in [2.05, 4.69) is 9.97 Å². The fraction of sp³-hybridized carbons (Fsp3) is 0. The molecule has 0 N–H and O–H groups in total. The molecular formula is C10H4Cl3N3O2. The lowest BCUT2D eigenvalue weighted by Crippen LogP contribution is -1.98. The lowest BCUT2D eigenvalue weighted by atomic mass is 10.1. The summed E-state index contributed by atoms with van der Waals surface area (Å²) in [6.07, 6.45) is 1.13. The van der Waals surface area contributed by atoms with Gasteiger partial charge in [-0.25, -0.2) is 9.97 Å². The van der Waals surface area contributed by atoms with Crippen LogP contribution in [0.25, 0.3) is 11.3 Å². The van der Waals surface area contributed by atoms with Crippen LogP contribution in [-0.4, -0.2) is 14.9 Å². The van der Waals surface area contributed by atoms with Gasteiger partial charge in [-0.15, -0.1) is 0 Å². The van der Waals surface area contributed by atoms with E-state index in [9.17, 15) is 10.1 Å². The van der Waals surface area contributed by atoms with Crippen molar-refractivity contribution in [2.45, 2.75) is 0 Å². The monoisotopic (exact) mass is 303 g/mol. The summed E-state index contributed by atoms with van der Waals surface area (Å²) in [7, 11) is 0. The molecular weight excluding hydrogens is 300 g/mol. The van der Waals surface area contributed by atoms with Gasteiger partial charge in [0, 0.05) is 5.56 Å². The van der Waals surface area contributed by atoms with Crippen molar-refractivity contribution in [3.63, 3.8) is 0 Å². The topological polar surface area (TPSA) is 68.9 Å². The van der Waals surface area contributed by atoms with Gasteiger partial charge in [0.05, 0.1) is 15.0 Å². The molecule has 0 aliphatic rings. The molecule has 1 aromatic heterocycles. The summed E-state index contributed by atoms with van der Waals surface area (Å²) >= 11 is 17.6. The Morgan fingerprint density at radius 2 is 1.89 bits per heavy atom. The van der Waals surface area contributed by atoms with Crippen molar-refractivity contribution in [1.82, 2.24) is 9.97 Å². The van der Waals surface area contributed by atoms with Gasteiger partial charge in [-0.1, -0.05) is 46.9 Å². The van der Waals surface area contributed by atoms with Crippen molar-refractivity contribution in [2.75, 3.05) is 0 Å². The van der Waals surface area contributed by atoms with E-state index in [0.717, 1.165) is 6.33 Å². The number of aromatic nitrogens is 2. The number of halogens is 3. The van der Waals surface area contributed by atoms with Gasteiger partial charge in [-0.3, -0.25) is 10.1 Å². The molecule has 0 bridgehead atoms. The highest BCUT2D eigenvalue weighted by Crippen LogP contribution is 2.38. The number of hydrogen-bond acceptors (Lipinski definition) is 4. The van der Waals surface area contributed by atoms with Crippen LogP contribution in [0.1, 0.15) is 0 Å². The second kappa shape index (κ2) is 5.06. The summed E-state index contributed by atoms with van der Waals surface area (Å²) in [5, 5.41) is 11.2. The predicted molar refractivity (Wildman–Crippen MR) is 69.2 cm³/mol. The SMILES string of the molecule is O=[N+]([O-])c1c(Cl)ncnc1-c1cccc(Cl)c1Cl. The Labute approximate surface area is 116 Å². The lowest BCUT2D eigenvalue weighted by Gasteiger charge is -2.05. The van der Waals surface area contributed by atoms with Crippen LogP contribution in [0.5, 0.6) is 0 Å². The average Bonchev–Trinajstić information content (AvgIpc) is 2.32. The van der Waals surface area contributed by atoms with Crippen LogP contribution in [0, 0.1) is 10.1 Å². The molecule has 5 nitrogen and oxygen atoms in total. The molecule has 0 saturated heterocycles. The van der Waals surface area contributed by atoms with Gasteiger partial charge in [0.15, 0.2) is 5.69 Å². The van der Waals surface area contributed by atoms with Crippen molar-refractivity contribution in [2.24, 2.45) is 0 Å². The minimum Gasteiger partial charge on any atom is -0.258 e. The highest BCUT2D eigenvalue weighted by molar-refractivity contribution is 6.43. The first-order valence-corrected chi connectivity index (χ1v) is 5.75. The van der Waals surface area contributed by atoms with Crippen LogP contribution in [0.4, 0.5) is 5.69 Å². The number of rotatable bonds is 2. The normalized spacial score (nSPS) is 10.4. The van der Waals surface area contributed by atoms with Crippen molar-refractivity contribution < 1.29 is 4.92 Å². The highest BCUT2D eigenvalue weighted by Gasteiger charge is 2.24. The third-order valence-electron chi connectivity index (χ3n) is 2.17. The molecule has 0 amide bonds. The quantitative estimate of drug-likeness (QED) is 0.477. The molecule has 0 atom stereocenters. The van der Waals surface area contributed by atoms with Crippen LogP contribution in [-0.2, 0) is 0 Å². The fourth-order valence-electron chi connectivity index (χ4n) is 1.40. The molecule has 0 radical (unpaired) electrons. The smallest absolute Gasteiger partial charge is 0.258 e. The Kier molecular flexibility index (Phi) is 3.65. The molecule has 0 spiro atoms. The van der Waals surface area contributed by atoms with Gasteiger partial charge in [-0.05, 0) is 6.07 Å². The maximum absolute atomic E-state index is 11.0.